The Morgan fingerprint density at radius 3 is 2.54 bits per heavy atom. The lowest BCUT2D eigenvalue weighted by Crippen LogP contribution is -2.23. The van der Waals surface area contributed by atoms with Crippen LogP contribution in [0.5, 0.6) is 5.75 Å². The Kier molecular flexibility index (Phi) is 5.66. The molecule has 3 rings (SSSR count). The summed E-state index contributed by atoms with van der Waals surface area (Å²) in [7, 11) is 3.24. The summed E-state index contributed by atoms with van der Waals surface area (Å²) in [5, 5.41) is 6.70. The highest BCUT2D eigenvalue weighted by molar-refractivity contribution is 5.93. The molecule has 6 heteroatoms. The van der Waals surface area contributed by atoms with Crippen molar-refractivity contribution in [1.82, 2.24) is 10.5 Å². The zero-order valence-electron chi connectivity index (χ0n) is 14.7. The maximum absolute atomic E-state index is 12.3. The summed E-state index contributed by atoms with van der Waals surface area (Å²) in [4.78, 5) is 12.3. The highest BCUT2D eigenvalue weighted by Gasteiger charge is 2.15. The predicted octanol–water partition coefficient (Wildman–Crippen LogP) is 3.43. The van der Waals surface area contributed by atoms with E-state index in [2.05, 4.69) is 10.5 Å². The third-order valence-corrected chi connectivity index (χ3v) is 3.90. The monoisotopic (exact) mass is 352 g/mol. The molecule has 0 saturated heterocycles. The number of carbonyl (C=O) groups excluding carboxylic acids is 1. The Morgan fingerprint density at radius 2 is 1.81 bits per heavy atom. The number of para-hydroxylation sites is 1. The van der Waals surface area contributed by atoms with E-state index in [-0.39, 0.29) is 11.6 Å². The van der Waals surface area contributed by atoms with Crippen molar-refractivity contribution in [2.45, 2.75) is 13.2 Å². The number of hydrogen-bond acceptors (Lipinski definition) is 5. The van der Waals surface area contributed by atoms with Gasteiger partial charge in [-0.25, -0.2) is 0 Å². The molecule has 1 amide bonds. The number of rotatable bonds is 7. The first kappa shape index (κ1) is 17.7. The maximum Gasteiger partial charge on any atom is 0.273 e. The third kappa shape index (κ3) is 4.10. The van der Waals surface area contributed by atoms with E-state index in [4.69, 9.17) is 14.0 Å². The number of carbonyl (C=O) groups is 1. The summed E-state index contributed by atoms with van der Waals surface area (Å²) < 4.78 is 15.7. The van der Waals surface area contributed by atoms with Gasteiger partial charge in [0.25, 0.3) is 5.91 Å². The number of benzene rings is 2. The number of hydrogen-bond donors (Lipinski definition) is 1. The van der Waals surface area contributed by atoms with Crippen LogP contribution in [0.1, 0.15) is 21.6 Å². The molecule has 1 N–H and O–H groups in total. The molecular weight excluding hydrogens is 332 g/mol. The molecule has 0 aliphatic heterocycles. The lowest BCUT2D eigenvalue weighted by Gasteiger charge is -2.05. The van der Waals surface area contributed by atoms with E-state index in [9.17, 15) is 4.79 Å². The van der Waals surface area contributed by atoms with Gasteiger partial charge in [0.15, 0.2) is 11.5 Å². The fraction of sp³-hybridized carbons (Fsp3) is 0.200. The van der Waals surface area contributed by atoms with Crippen LogP contribution in [0.4, 0.5) is 0 Å². The van der Waals surface area contributed by atoms with Gasteiger partial charge in [-0.3, -0.25) is 4.79 Å². The first-order valence-corrected chi connectivity index (χ1v) is 8.16. The standard InChI is InChI=1S/C20H20N2O4/c1-24-13-15-9-7-14(8-10-15)12-21-20(23)17-11-19(26-22-17)16-5-3-4-6-18(16)25-2/h3-11H,12-13H2,1-2H3,(H,21,23). The van der Waals surface area contributed by atoms with Crippen molar-refractivity contribution in [2.75, 3.05) is 14.2 Å². The minimum Gasteiger partial charge on any atom is -0.496 e. The van der Waals surface area contributed by atoms with Gasteiger partial charge in [0.2, 0.25) is 0 Å². The van der Waals surface area contributed by atoms with E-state index in [0.29, 0.717) is 24.7 Å². The molecule has 0 aliphatic rings. The Balaban J connectivity index is 1.65. The average molecular weight is 352 g/mol. The van der Waals surface area contributed by atoms with Crippen LogP contribution in [0.15, 0.2) is 59.1 Å². The molecule has 26 heavy (non-hydrogen) atoms. The third-order valence-electron chi connectivity index (χ3n) is 3.90. The first-order valence-electron chi connectivity index (χ1n) is 8.16. The minimum absolute atomic E-state index is 0.224. The number of ether oxygens (including phenoxy) is 2. The van der Waals surface area contributed by atoms with Gasteiger partial charge in [-0.15, -0.1) is 0 Å². The molecule has 1 aromatic heterocycles. The number of aromatic nitrogens is 1. The second-order valence-electron chi connectivity index (χ2n) is 5.71. The second kappa shape index (κ2) is 8.31. The van der Waals surface area contributed by atoms with Crippen LogP contribution in [-0.2, 0) is 17.9 Å². The SMILES string of the molecule is COCc1ccc(CNC(=O)c2cc(-c3ccccc3OC)on2)cc1. The molecule has 0 atom stereocenters. The van der Waals surface area contributed by atoms with Crippen LogP contribution in [0.3, 0.4) is 0 Å². The second-order valence-corrected chi connectivity index (χ2v) is 5.71. The quantitative estimate of drug-likeness (QED) is 0.705. The Bertz CT molecular complexity index is 872. The zero-order chi connectivity index (χ0) is 18.4. The van der Waals surface area contributed by atoms with Gasteiger partial charge >= 0.3 is 0 Å². The van der Waals surface area contributed by atoms with Gasteiger partial charge in [0.1, 0.15) is 5.75 Å². The van der Waals surface area contributed by atoms with Gasteiger partial charge in [0, 0.05) is 19.7 Å². The lowest BCUT2D eigenvalue weighted by atomic mass is 10.1. The van der Waals surface area contributed by atoms with E-state index in [1.54, 1.807) is 20.3 Å². The molecule has 0 radical (unpaired) electrons. The Morgan fingerprint density at radius 1 is 1.08 bits per heavy atom. The first-order chi connectivity index (χ1) is 12.7. The van der Waals surface area contributed by atoms with E-state index in [1.165, 1.54) is 0 Å². The van der Waals surface area contributed by atoms with E-state index < -0.39 is 0 Å². The topological polar surface area (TPSA) is 73.6 Å². The predicted molar refractivity (Wildman–Crippen MR) is 96.8 cm³/mol. The van der Waals surface area contributed by atoms with Crippen LogP contribution in [0.2, 0.25) is 0 Å². The molecule has 0 spiro atoms. The highest BCUT2D eigenvalue weighted by Crippen LogP contribution is 2.29. The van der Waals surface area contributed by atoms with Gasteiger partial charge < -0.3 is 19.3 Å². The highest BCUT2D eigenvalue weighted by atomic mass is 16.5. The molecule has 3 aromatic rings. The fourth-order valence-electron chi connectivity index (χ4n) is 2.55. The average Bonchev–Trinajstić information content (AvgIpc) is 3.17. The molecule has 134 valence electrons. The largest absolute Gasteiger partial charge is 0.496 e. The molecule has 1 heterocycles. The van der Waals surface area contributed by atoms with E-state index in [0.717, 1.165) is 16.7 Å². The fourth-order valence-corrected chi connectivity index (χ4v) is 2.55. The van der Waals surface area contributed by atoms with Crippen molar-refractivity contribution in [3.8, 4) is 17.1 Å². The summed E-state index contributed by atoms with van der Waals surface area (Å²) in [6.45, 7) is 0.972. The minimum atomic E-state index is -0.295. The van der Waals surface area contributed by atoms with Crippen molar-refractivity contribution in [2.24, 2.45) is 0 Å². The molecular formula is C20H20N2O4. The maximum atomic E-state index is 12.3. The summed E-state index contributed by atoms with van der Waals surface area (Å²) in [5.74, 6) is 0.846. The van der Waals surface area contributed by atoms with Crippen LogP contribution in [-0.4, -0.2) is 25.3 Å². The van der Waals surface area contributed by atoms with Crippen LogP contribution in [0.25, 0.3) is 11.3 Å². The lowest BCUT2D eigenvalue weighted by molar-refractivity contribution is 0.0942. The molecule has 0 fully saturated rings. The number of amides is 1. The van der Waals surface area contributed by atoms with Crippen molar-refractivity contribution < 1.29 is 18.8 Å². The van der Waals surface area contributed by atoms with E-state index >= 15 is 0 Å². The van der Waals surface area contributed by atoms with E-state index in [1.807, 2.05) is 48.5 Å². The number of nitrogens with zero attached hydrogens (tertiary/aromatic N) is 1. The summed E-state index contributed by atoms with van der Waals surface area (Å²) in [5.41, 5.74) is 3.05. The van der Waals surface area contributed by atoms with Crippen molar-refractivity contribution in [3.05, 3.63) is 71.4 Å². The summed E-state index contributed by atoms with van der Waals surface area (Å²) in [6.07, 6.45) is 0. The van der Waals surface area contributed by atoms with Gasteiger partial charge in [-0.2, -0.15) is 0 Å². The summed E-state index contributed by atoms with van der Waals surface area (Å²) in [6, 6.07) is 16.9. The zero-order valence-corrected chi connectivity index (χ0v) is 14.7. The molecule has 0 aliphatic carbocycles. The molecule has 2 aromatic carbocycles. The van der Waals surface area contributed by atoms with Crippen molar-refractivity contribution in [1.29, 1.82) is 0 Å². The van der Waals surface area contributed by atoms with Gasteiger partial charge in [-0.1, -0.05) is 41.6 Å². The molecule has 0 saturated carbocycles. The molecule has 0 bridgehead atoms. The molecule has 6 nitrogen and oxygen atoms in total. The van der Waals surface area contributed by atoms with Gasteiger partial charge in [-0.05, 0) is 23.3 Å². The molecule has 0 unspecified atom stereocenters. The van der Waals surface area contributed by atoms with Crippen molar-refractivity contribution in [3.63, 3.8) is 0 Å². The number of nitrogens with one attached hydrogen (secondary N) is 1. The summed E-state index contributed by atoms with van der Waals surface area (Å²) >= 11 is 0. The van der Waals surface area contributed by atoms with Crippen molar-refractivity contribution >= 4 is 5.91 Å². The van der Waals surface area contributed by atoms with Gasteiger partial charge in [0.05, 0.1) is 19.3 Å². The Labute approximate surface area is 151 Å². The van der Waals surface area contributed by atoms with Crippen LogP contribution in [0, 0.1) is 0 Å². The Hall–Kier alpha value is -3.12. The smallest absolute Gasteiger partial charge is 0.273 e. The van der Waals surface area contributed by atoms with Crippen LogP contribution >= 0.6 is 0 Å². The number of methoxy groups -OCH3 is 2. The normalized spacial score (nSPS) is 10.5. The van der Waals surface area contributed by atoms with Crippen LogP contribution < -0.4 is 10.1 Å².